The van der Waals surface area contributed by atoms with Gasteiger partial charge in [0, 0.05) is 67.6 Å². The molecule has 0 aliphatic carbocycles. The van der Waals surface area contributed by atoms with E-state index in [9.17, 15) is 19.6 Å². The van der Waals surface area contributed by atoms with Crippen molar-refractivity contribution in [2.75, 3.05) is 46.3 Å². The van der Waals surface area contributed by atoms with Crippen molar-refractivity contribution in [2.45, 2.75) is 27.7 Å². The normalized spacial score (nSPS) is 9.14. The SMILES string of the molecule is C=C(N)C(=C)N(O)C(=O)C(=C)C(=C)NCCN(CCN)CCNC.C=Cc1ccc(C(N)=O)n(O)c1=O.CC.CC.[Cu]. The minimum Gasteiger partial charge on any atom is -0.425 e. The topological polar surface area (TPSA) is 205 Å². The number of carbonyl (C=O) groups excluding carboxylic acids is 2. The molecular formula is C28H50CuN8O5. The average molecular weight is 642 g/mol. The van der Waals surface area contributed by atoms with Crippen LogP contribution < -0.4 is 33.4 Å². The van der Waals surface area contributed by atoms with Gasteiger partial charge in [-0.1, -0.05) is 66.7 Å². The molecule has 1 rings (SSSR count). The fourth-order valence-corrected chi connectivity index (χ4v) is 2.66. The Morgan fingerprint density at radius 2 is 1.55 bits per heavy atom. The molecule has 0 saturated heterocycles. The Morgan fingerprint density at radius 3 is 1.98 bits per heavy atom. The predicted molar refractivity (Wildman–Crippen MR) is 166 cm³/mol. The molecule has 13 nitrogen and oxygen atoms in total. The Labute approximate surface area is 260 Å². The van der Waals surface area contributed by atoms with E-state index in [1.165, 1.54) is 18.2 Å². The fraction of sp³-hybridized carbons (Fsp3) is 0.393. The average Bonchev–Trinajstić information content (AvgIpc) is 2.97. The number of pyridine rings is 1. The number of hydrogen-bond acceptors (Lipinski definition) is 10. The van der Waals surface area contributed by atoms with Crippen LogP contribution in [0.3, 0.4) is 0 Å². The first-order valence-electron chi connectivity index (χ1n) is 13.1. The largest absolute Gasteiger partial charge is 0.425 e. The summed E-state index contributed by atoms with van der Waals surface area (Å²) >= 11 is 0. The molecule has 1 aromatic rings. The molecule has 42 heavy (non-hydrogen) atoms. The van der Waals surface area contributed by atoms with Gasteiger partial charge in [-0.2, -0.15) is 5.06 Å². The summed E-state index contributed by atoms with van der Waals surface area (Å²) in [5.41, 5.74) is 15.3. The summed E-state index contributed by atoms with van der Waals surface area (Å²) in [6.07, 6.45) is 1.28. The Morgan fingerprint density at radius 1 is 1.02 bits per heavy atom. The summed E-state index contributed by atoms with van der Waals surface area (Å²) in [5, 5.41) is 25.3. The zero-order valence-electron chi connectivity index (χ0n) is 25.5. The summed E-state index contributed by atoms with van der Waals surface area (Å²) in [7, 11) is 1.89. The van der Waals surface area contributed by atoms with Gasteiger partial charge in [-0.05, 0) is 19.2 Å². The van der Waals surface area contributed by atoms with Crippen LogP contribution in [0.25, 0.3) is 6.08 Å². The van der Waals surface area contributed by atoms with E-state index in [2.05, 4.69) is 48.4 Å². The number of primary amides is 1. The fourth-order valence-electron chi connectivity index (χ4n) is 2.66. The number of aromatic nitrogens is 1. The van der Waals surface area contributed by atoms with Gasteiger partial charge in [-0.15, -0.1) is 4.73 Å². The molecule has 1 heterocycles. The van der Waals surface area contributed by atoms with Crippen LogP contribution in [0.5, 0.6) is 0 Å². The maximum absolute atomic E-state index is 12.1. The summed E-state index contributed by atoms with van der Waals surface area (Å²) < 4.78 is 0.208. The first-order chi connectivity index (χ1) is 19.3. The number of likely N-dealkylation sites (N-methyl/N-ethyl adjacent to an activating group) is 1. The Balaban J connectivity index is -0.000000337. The second-order valence-electron chi connectivity index (χ2n) is 7.57. The quantitative estimate of drug-likeness (QED) is 0.0364. The van der Waals surface area contributed by atoms with Crippen molar-refractivity contribution in [1.29, 1.82) is 0 Å². The number of nitrogens with two attached hydrogens (primary N) is 3. The van der Waals surface area contributed by atoms with Crippen molar-refractivity contribution in [3.05, 3.63) is 89.3 Å². The van der Waals surface area contributed by atoms with Gasteiger partial charge in [0.25, 0.3) is 17.4 Å². The van der Waals surface area contributed by atoms with Gasteiger partial charge in [0.15, 0.2) is 0 Å². The first kappa shape index (κ1) is 45.3. The van der Waals surface area contributed by atoms with Gasteiger partial charge in [-0.3, -0.25) is 24.5 Å². The third kappa shape index (κ3) is 16.6. The molecule has 0 atom stereocenters. The smallest absolute Gasteiger partial charge is 0.290 e. The number of hydroxylamine groups is 2. The first-order valence-corrected chi connectivity index (χ1v) is 13.1. The molecular weight excluding hydrogens is 592 g/mol. The van der Waals surface area contributed by atoms with Crippen LogP contribution in [0.4, 0.5) is 0 Å². The minimum absolute atomic E-state index is 0. The van der Waals surface area contributed by atoms with Gasteiger partial charge in [0.05, 0.1) is 17.0 Å². The van der Waals surface area contributed by atoms with E-state index in [4.69, 9.17) is 22.4 Å². The van der Waals surface area contributed by atoms with Gasteiger partial charge >= 0.3 is 0 Å². The molecule has 0 aromatic carbocycles. The molecule has 0 saturated carbocycles. The van der Waals surface area contributed by atoms with E-state index >= 15 is 0 Å². The van der Waals surface area contributed by atoms with Crippen molar-refractivity contribution < 1.29 is 37.1 Å². The second kappa shape index (κ2) is 26.3. The van der Waals surface area contributed by atoms with Crippen LogP contribution in [0, 0.1) is 0 Å². The number of nitrogens with zero attached hydrogens (tertiary/aromatic N) is 3. The maximum atomic E-state index is 12.1. The Kier molecular flexibility index (Phi) is 28.3. The minimum atomic E-state index is -0.866. The number of carbonyl (C=O) groups is 2. The summed E-state index contributed by atoms with van der Waals surface area (Å²) in [4.78, 5) is 36.0. The van der Waals surface area contributed by atoms with Gasteiger partial charge < -0.3 is 33.0 Å². The van der Waals surface area contributed by atoms with Crippen LogP contribution in [0.2, 0.25) is 0 Å². The molecule has 0 unspecified atom stereocenters. The van der Waals surface area contributed by atoms with E-state index in [0.29, 0.717) is 23.8 Å². The van der Waals surface area contributed by atoms with E-state index < -0.39 is 17.4 Å². The van der Waals surface area contributed by atoms with Crippen molar-refractivity contribution in [1.82, 2.24) is 25.3 Å². The molecule has 0 bridgehead atoms. The summed E-state index contributed by atoms with van der Waals surface area (Å²) in [6, 6.07) is 2.61. The summed E-state index contributed by atoms with van der Waals surface area (Å²) in [5.74, 6) is -1.63. The Hall–Kier alpha value is -3.65. The molecule has 14 heteroatoms. The molecule has 243 valence electrons. The second-order valence-corrected chi connectivity index (χ2v) is 7.57. The van der Waals surface area contributed by atoms with Crippen LogP contribution in [-0.2, 0) is 21.9 Å². The molecule has 0 aliphatic rings. The van der Waals surface area contributed by atoms with Crippen molar-refractivity contribution in [2.24, 2.45) is 17.2 Å². The Bertz CT molecular complexity index is 1090. The monoisotopic (exact) mass is 641 g/mol. The van der Waals surface area contributed by atoms with Gasteiger partial charge in [0.2, 0.25) is 0 Å². The van der Waals surface area contributed by atoms with Crippen molar-refractivity contribution in [3.8, 4) is 0 Å². The molecule has 1 aromatic heterocycles. The standard InChI is InChI=1S/C16H30N6O2.C8H8N2O3.2C2H6.Cu/c1-12(16(23)22(24)15(4)13(2)18)14(3)20-8-11-21(9-6-17)10-7-19-5;1-2-5-3-4-6(7(9)11)10(13)8(5)12;2*1-2;/h19-20,24H,1-4,6-11,17-18H2,5H3;2-4,13H,1H2,(H2,9,11);2*1-2H3;. The zero-order chi connectivity index (χ0) is 32.7. The molecule has 0 spiro atoms. The molecule has 0 aliphatic heterocycles. The van der Waals surface area contributed by atoms with E-state index in [1.807, 2.05) is 34.7 Å². The molecule has 0 fully saturated rings. The van der Waals surface area contributed by atoms with Gasteiger partial charge in [-0.25, -0.2) is 0 Å². The van der Waals surface area contributed by atoms with Crippen LogP contribution in [-0.4, -0.2) is 83.2 Å². The van der Waals surface area contributed by atoms with E-state index in [0.717, 1.165) is 26.2 Å². The van der Waals surface area contributed by atoms with Crippen molar-refractivity contribution >= 4 is 17.9 Å². The summed E-state index contributed by atoms with van der Waals surface area (Å²) in [6.45, 7) is 30.0. The predicted octanol–water partition coefficient (Wildman–Crippen LogP) is 1.21. The van der Waals surface area contributed by atoms with Crippen LogP contribution in [0.1, 0.15) is 43.7 Å². The van der Waals surface area contributed by atoms with Crippen molar-refractivity contribution in [3.63, 3.8) is 0 Å². The maximum Gasteiger partial charge on any atom is 0.290 e. The van der Waals surface area contributed by atoms with Gasteiger partial charge in [0.1, 0.15) is 5.69 Å². The third-order valence-electron chi connectivity index (χ3n) is 4.89. The molecule has 10 N–H and O–H groups in total. The number of rotatable bonds is 15. The number of hydrogen-bond donors (Lipinski definition) is 7. The van der Waals surface area contributed by atoms with Crippen LogP contribution in [0.15, 0.2) is 72.5 Å². The molecule has 1 radical (unpaired) electrons. The third-order valence-corrected chi connectivity index (χ3v) is 4.89. The molecule has 2 amide bonds. The van der Waals surface area contributed by atoms with E-state index in [-0.39, 0.29) is 50.0 Å². The zero-order valence-corrected chi connectivity index (χ0v) is 26.4. The number of nitrogens with one attached hydrogen (secondary N) is 2. The number of amides is 2. The van der Waals surface area contributed by atoms with E-state index in [1.54, 1.807) is 0 Å². The van der Waals surface area contributed by atoms with Crippen LogP contribution >= 0.6 is 0 Å².